The molecule has 0 aromatic heterocycles. The van der Waals surface area contributed by atoms with Crippen LogP contribution in [0, 0.1) is 13.8 Å². The molecule has 6 heteroatoms. The molecule has 0 unspecified atom stereocenters. The monoisotopic (exact) mass is 409 g/mol. The first-order chi connectivity index (χ1) is 13.9. The molecular formula is C23H27N3O2S. The number of nitrogens with zero attached hydrogens (tertiary/aromatic N) is 2. The number of aryl methyl sites for hydroxylation is 2. The molecule has 1 heterocycles. The Kier molecular flexibility index (Phi) is 6.75. The summed E-state index contributed by atoms with van der Waals surface area (Å²) in [5.41, 5.74) is 6.04. The van der Waals surface area contributed by atoms with Gasteiger partial charge < -0.3 is 10.1 Å². The van der Waals surface area contributed by atoms with E-state index in [1.807, 2.05) is 38.1 Å². The van der Waals surface area contributed by atoms with Crippen LogP contribution >= 0.6 is 11.8 Å². The van der Waals surface area contributed by atoms with E-state index in [0.717, 1.165) is 33.4 Å². The highest BCUT2D eigenvalue weighted by Crippen LogP contribution is 2.36. The number of carbonyl (C=O) groups excluding carboxylic acids is 1. The molecule has 0 bridgehead atoms. The predicted molar refractivity (Wildman–Crippen MR) is 123 cm³/mol. The second-order valence-corrected chi connectivity index (χ2v) is 8.45. The zero-order chi connectivity index (χ0) is 21.0. The Morgan fingerprint density at radius 1 is 1.10 bits per heavy atom. The molecule has 0 spiro atoms. The van der Waals surface area contributed by atoms with E-state index < -0.39 is 0 Å². The van der Waals surface area contributed by atoms with Crippen molar-refractivity contribution < 1.29 is 9.53 Å². The van der Waals surface area contributed by atoms with E-state index in [2.05, 4.69) is 31.3 Å². The number of rotatable bonds is 5. The second-order valence-electron chi connectivity index (χ2n) is 7.41. The normalized spacial score (nSPS) is 13.3. The fourth-order valence-electron chi connectivity index (χ4n) is 3.01. The number of methoxy groups -OCH3 is 1. The molecule has 0 aliphatic carbocycles. The Morgan fingerprint density at radius 2 is 1.72 bits per heavy atom. The predicted octanol–water partition coefficient (Wildman–Crippen LogP) is 5.12. The molecule has 29 heavy (non-hydrogen) atoms. The Hall–Kier alpha value is -2.60. The first-order valence-corrected chi connectivity index (χ1v) is 10.7. The molecule has 0 saturated heterocycles. The number of amides is 1. The lowest BCUT2D eigenvalue weighted by molar-refractivity contribution is -0.119. The Labute approximate surface area is 176 Å². The van der Waals surface area contributed by atoms with Gasteiger partial charge in [-0.25, -0.2) is 4.99 Å². The molecule has 1 aliphatic rings. The van der Waals surface area contributed by atoms with E-state index in [-0.39, 0.29) is 11.9 Å². The highest BCUT2D eigenvalue weighted by Gasteiger charge is 2.18. The van der Waals surface area contributed by atoms with Gasteiger partial charge >= 0.3 is 0 Å². The molecule has 0 radical (unpaired) electrons. The Morgan fingerprint density at radius 3 is 2.31 bits per heavy atom. The summed E-state index contributed by atoms with van der Waals surface area (Å²) in [7, 11) is 1.66. The van der Waals surface area contributed by atoms with Gasteiger partial charge in [0.25, 0.3) is 0 Å². The van der Waals surface area contributed by atoms with Crippen molar-refractivity contribution in [3.05, 3.63) is 53.1 Å². The number of thioether (sulfide) groups is 1. The fraction of sp³-hybridized carbons (Fsp3) is 0.348. The molecule has 5 nitrogen and oxygen atoms in total. The molecule has 2 aromatic rings. The SMILES string of the molecule is COc1ccc(C2=Nc3cc(C)c(C)cc3N=C(SCC(=O)NC(C)C)C2)cc1. The van der Waals surface area contributed by atoms with Crippen molar-refractivity contribution >= 4 is 39.8 Å². The summed E-state index contributed by atoms with van der Waals surface area (Å²) in [6, 6.07) is 12.2. The zero-order valence-electron chi connectivity index (χ0n) is 17.6. The number of hydrogen-bond donors (Lipinski definition) is 1. The number of ether oxygens (including phenoxy) is 1. The molecule has 152 valence electrons. The lowest BCUT2D eigenvalue weighted by Crippen LogP contribution is -2.31. The number of nitrogens with one attached hydrogen (secondary N) is 1. The van der Waals surface area contributed by atoms with Crippen LogP contribution < -0.4 is 10.1 Å². The van der Waals surface area contributed by atoms with Crippen molar-refractivity contribution in [3.8, 4) is 5.75 Å². The van der Waals surface area contributed by atoms with E-state index in [1.165, 1.54) is 22.9 Å². The third-order valence-electron chi connectivity index (χ3n) is 4.65. The number of hydrogen-bond acceptors (Lipinski definition) is 5. The van der Waals surface area contributed by atoms with Gasteiger partial charge in [-0.3, -0.25) is 9.79 Å². The smallest absolute Gasteiger partial charge is 0.230 e. The number of fused-ring (bicyclic) bond motifs is 1. The molecule has 0 saturated carbocycles. The quantitative estimate of drug-likeness (QED) is 0.745. The van der Waals surface area contributed by atoms with Crippen molar-refractivity contribution in [1.29, 1.82) is 0 Å². The summed E-state index contributed by atoms with van der Waals surface area (Å²) < 4.78 is 5.27. The second kappa shape index (κ2) is 9.27. The Bertz CT molecular complexity index is 963. The van der Waals surface area contributed by atoms with Crippen molar-refractivity contribution in [2.75, 3.05) is 12.9 Å². The lowest BCUT2D eigenvalue weighted by atomic mass is 10.1. The Balaban J connectivity index is 1.94. The van der Waals surface area contributed by atoms with Crippen LogP contribution in [0.4, 0.5) is 11.4 Å². The third kappa shape index (κ3) is 5.48. The standard InChI is InChI=1S/C23H27N3O2S/c1-14(2)24-22(27)13-29-23-12-19(17-6-8-18(28-5)9-7-17)25-20-10-15(3)16(4)11-21(20)26-23/h6-11,14H,12-13H2,1-5H3,(H,24,27). The van der Waals surface area contributed by atoms with Crippen molar-refractivity contribution in [3.63, 3.8) is 0 Å². The molecule has 0 fully saturated rings. The summed E-state index contributed by atoms with van der Waals surface area (Å²) in [6.45, 7) is 8.08. The van der Waals surface area contributed by atoms with Gasteiger partial charge in [0, 0.05) is 12.5 Å². The van der Waals surface area contributed by atoms with Crippen LogP contribution in [0.15, 0.2) is 46.4 Å². The first-order valence-electron chi connectivity index (χ1n) is 9.68. The maximum Gasteiger partial charge on any atom is 0.230 e. The van der Waals surface area contributed by atoms with E-state index in [9.17, 15) is 4.79 Å². The molecule has 2 aromatic carbocycles. The maximum atomic E-state index is 12.1. The van der Waals surface area contributed by atoms with Gasteiger partial charge in [0.2, 0.25) is 5.91 Å². The van der Waals surface area contributed by atoms with Crippen LogP contribution in [0.5, 0.6) is 5.75 Å². The molecule has 1 aliphatic heterocycles. The highest BCUT2D eigenvalue weighted by atomic mass is 32.2. The maximum absolute atomic E-state index is 12.1. The van der Waals surface area contributed by atoms with Gasteiger partial charge in [-0.2, -0.15) is 0 Å². The van der Waals surface area contributed by atoms with Gasteiger partial charge in [0.05, 0.1) is 35.0 Å². The van der Waals surface area contributed by atoms with Crippen LogP contribution in [-0.4, -0.2) is 35.6 Å². The van der Waals surface area contributed by atoms with Crippen LogP contribution in [0.1, 0.15) is 37.0 Å². The van der Waals surface area contributed by atoms with Gasteiger partial charge in [-0.05, 0) is 80.8 Å². The molecule has 1 amide bonds. The summed E-state index contributed by atoms with van der Waals surface area (Å²) in [4.78, 5) is 21.9. The molecule has 0 atom stereocenters. The van der Waals surface area contributed by atoms with Gasteiger partial charge in [0.15, 0.2) is 0 Å². The van der Waals surface area contributed by atoms with Crippen molar-refractivity contribution in [2.45, 2.75) is 40.2 Å². The summed E-state index contributed by atoms with van der Waals surface area (Å²) >= 11 is 1.47. The lowest BCUT2D eigenvalue weighted by Gasteiger charge is -2.10. The summed E-state index contributed by atoms with van der Waals surface area (Å²) in [5, 5.41) is 3.82. The van der Waals surface area contributed by atoms with Gasteiger partial charge in [-0.1, -0.05) is 0 Å². The van der Waals surface area contributed by atoms with E-state index in [1.54, 1.807) is 7.11 Å². The van der Waals surface area contributed by atoms with Crippen molar-refractivity contribution in [1.82, 2.24) is 5.32 Å². The van der Waals surface area contributed by atoms with Gasteiger partial charge in [-0.15, -0.1) is 11.8 Å². The third-order valence-corrected chi connectivity index (χ3v) is 5.63. The highest BCUT2D eigenvalue weighted by molar-refractivity contribution is 8.14. The largest absolute Gasteiger partial charge is 0.497 e. The van der Waals surface area contributed by atoms with Crippen LogP contribution in [0.2, 0.25) is 0 Å². The average molecular weight is 410 g/mol. The molecule has 1 N–H and O–H groups in total. The molecule has 3 rings (SSSR count). The minimum Gasteiger partial charge on any atom is -0.497 e. The summed E-state index contributed by atoms with van der Waals surface area (Å²) in [6.07, 6.45) is 0.582. The number of carbonyl (C=O) groups is 1. The van der Waals surface area contributed by atoms with Crippen LogP contribution in [0.25, 0.3) is 0 Å². The first kappa shape index (κ1) is 21.1. The van der Waals surface area contributed by atoms with Crippen LogP contribution in [0.3, 0.4) is 0 Å². The van der Waals surface area contributed by atoms with E-state index in [0.29, 0.717) is 12.2 Å². The average Bonchev–Trinajstić information content (AvgIpc) is 2.85. The van der Waals surface area contributed by atoms with E-state index in [4.69, 9.17) is 14.7 Å². The number of aliphatic imine (C=N–C) groups is 2. The van der Waals surface area contributed by atoms with Gasteiger partial charge in [0.1, 0.15) is 5.75 Å². The fourth-order valence-corrected chi connectivity index (χ4v) is 3.80. The minimum absolute atomic E-state index is 0.0141. The topological polar surface area (TPSA) is 63.1 Å². The zero-order valence-corrected chi connectivity index (χ0v) is 18.4. The minimum atomic E-state index is 0.0141. The van der Waals surface area contributed by atoms with Crippen molar-refractivity contribution in [2.24, 2.45) is 9.98 Å². The van der Waals surface area contributed by atoms with Crippen LogP contribution in [-0.2, 0) is 4.79 Å². The summed E-state index contributed by atoms with van der Waals surface area (Å²) in [5.74, 6) is 1.16. The van der Waals surface area contributed by atoms with E-state index >= 15 is 0 Å². The molecular weight excluding hydrogens is 382 g/mol. The number of benzene rings is 2.